The molecule has 0 unspecified atom stereocenters. The maximum Gasteiger partial charge on any atom is 0.317 e. The Morgan fingerprint density at radius 2 is 2.00 bits per heavy atom. The van der Waals surface area contributed by atoms with Crippen molar-refractivity contribution in [1.29, 1.82) is 0 Å². The summed E-state index contributed by atoms with van der Waals surface area (Å²) in [5, 5.41) is 7.13. The summed E-state index contributed by atoms with van der Waals surface area (Å²) in [5.74, 6) is 0. The fourth-order valence-corrected chi connectivity index (χ4v) is 2.24. The lowest BCUT2D eigenvalue weighted by Gasteiger charge is -2.15. The van der Waals surface area contributed by atoms with Crippen molar-refractivity contribution in [2.24, 2.45) is 0 Å². The number of amides is 2. The predicted octanol–water partition coefficient (Wildman–Crippen LogP) is 2.43. The Morgan fingerprint density at radius 1 is 1.29 bits per heavy atom. The number of halogens is 2. The van der Waals surface area contributed by atoms with Crippen LogP contribution in [0.1, 0.15) is 0 Å². The Balaban J connectivity index is 1.83. The maximum absolute atomic E-state index is 11.3. The van der Waals surface area contributed by atoms with Gasteiger partial charge in [0, 0.05) is 41.9 Å². The van der Waals surface area contributed by atoms with Crippen LogP contribution in [0.3, 0.4) is 0 Å². The minimum absolute atomic E-state index is 0.00377. The normalized spacial score (nSPS) is 14.9. The largest absolute Gasteiger partial charge is 0.383 e. The van der Waals surface area contributed by atoms with Gasteiger partial charge in [0.1, 0.15) is 0 Å². The van der Waals surface area contributed by atoms with E-state index in [9.17, 15) is 4.79 Å². The molecule has 1 heterocycles. The van der Waals surface area contributed by atoms with E-state index in [1.54, 1.807) is 23.1 Å². The molecular weight excluding hydrogens is 261 g/mol. The first-order valence-corrected chi connectivity index (χ1v) is 6.13. The van der Waals surface area contributed by atoms with E-state index < -0.39 is 0 Å². The third-order valence-corrected chi connectivity index (χ3v) is 2.95. The molecule has 2 rings (SSSR count). The van der Waals surface area contributed by atoms with Crippen molar-refractivity contribution in [3.63, 3.8) is 0 Å². The molecule has 0 saturated carbocycles. The van der Waals surface area contributed by atoms with Crippen LogP contribution in [0, 0.1) is 0 Å². The molecular formula is C11H13Cl2N3O. The smallest absolute Gasteiger partial charge is 0.317 e. The van der Waals surface area contributed by atoms with E-state index in [2.05, 4.69) is 10.6 Å². The topological polar surface area (TPSA) is 44.4 Å². The maximum atomic E-state index is 11.3. The van der Waals surface area contributed by atoms with Crippen molar-refractivity contribution in [3.8, 4) is 0 Å². The third-order valence-electron chi connectivity index (χ3n) is 2.52. The van der Waals surface area contributed by atoms with Gasteiger partial charge < -0.3 is 15.5 Å². The first-order chi connectivity index (χ1) is 8.15. The number of carbonyl (C=O) groups is 1. The first-order valence-electron chi connectivity index (χ1n) is 5.38. The van der Waals surface area contributed by atoms with Crippen LogP contribution in [0.5, 0.6) is 0 Å². The van der Waals surface area contributed by atoms with Gasteiger partial charge in [-0.25, -0.2) is 4.79 Å². The lowest BCUT2D eigenvalue weighted by molar-refractivity contribution is 0.219. The molecule has 1 fully saturated rings. The van der Waals surface area contributed by atoms with E-state index in [4.69, 9.17) is 23.2 Å². The summed E-state index contributed by atoms with van der Waals surface area (Å²) in [5.41, 5.74) is 0.863. The average Bonchev–Trinajstić information content (AvgIpc) is 2.63. The summed E-state index contributed by atoms with van der Waals surface area (Å²) < 4.78 is 0. The summed E-state index contributed by atoms with van der Waals surface area (Å²) in [6, 6.07) is 5.29. The van der Waals surface area contributed by atoms with Crippen molar-refractivity contribution in [2.75, 3.05) is 31.5 Å². The molecule has 1 aromatic carbocycles. The second-order valence-corrected chi connectivity index (χ2v) is 4.68. The van der Waals surface area contributed by atoms with Crippen LogP contribution in [0.25, 0.3) is 0 Å². The van der Waals surface area contributed by atoms with E-state index in [1.165, 1.54) is 0 Å². The van der Waals surface area contributed by atoms with E-state index in [0.717, 1.165) is 18.8 Å². The highest BCUT2D eigenvalue weighted by Crippen LogP contribution is 2.22. The van der Waals surface area contributed by atoms with Gasteiger partial charge in [0.15, 0.2) is 0 Å². The number of anilines is 1. The number of rotatable bonds is 4. The van der Waals surface area contributed by atoms with Gasteiger partial charge in [-0.2, -0.15) is 0 Å². The molecule has 1 saturated heterocycles. The van der Waals surface area contributed by atoms with Gasteiger partial charge in [0.2, 0.25) is 0 Å². The molecule has 2 N–H and O–H groups in total. The molecule has 92 valence electrons. The van der Waals surface area contributed by atoms with Gasteiger partial charge in [-0.15, -0.1) is 0 Å². The predicted molar refractivity (Wildman–Crippen MR) is 69.9 cm³/mol. The number of benzene rings is 1. The highest BCUT2D eigenvalue weighted by molar-refractivity contribution is 6.35. The molecule has 4 nitrogen and oxygen atoms in total. The minimum atomic E-state index is -0.00377. The summed E-state index contributed by atoms with van der Waals surface area (Å²) in [6.07, 6.45) is 0. The van der Waals surface area contributed by atoms with Gasteiger partial charge in [-0.1, -0.05) is 23.2 Å². The number of urea groups is 1. The quantitative estimate of drug-likeness (QED) is 0.885. The van der Waals surface area contributed by atoms with Gasteiger partial charge in [0.25, 0.3) is 0 Å². The summed E-state index contributed by atoms with van der Waals surface area (Å²) in [6.45, 7) is 2.82. The fourth-order valence-electron chi connectivity index (χ4n) is 1.72. The highest BCUT2D eigenvalue weighted by Gasteiger charge is 2.18. The Kier molecular flexibility index (Phi) is 3.97. The van der Waals surface area contributed by atoms with Crippen LogP contribution in [-0.4, -0.2) is 37.1 Å². The third kappa shape index (κ3) is 3.41. The minimum Gasteiger partial charge on any atom is -0.383 e. The van der Waals surface area contributed by atoms with Crippen molar-refractivity contribution >= 4 is 34.9 Å². The Labute approximate surface area is 110 Å². The van der Waals surface area contributed by atoms with E-state index in [0.29, 0.717) is 23.1 Å². The van der Waals surface area contributed by atoms with Crippen LogP contribution in [0.2, 0.25) is 10.0 Å². The van der Waals surface area contributed by atoms with Crippen LogP contribution in [0.15, 0.2) is 18.2 Å². The summed E-state index contributed by atoms with van der Waals surface area (Å²) in [4.78, 5) is 13.0. The van der Waals surface area contributed by atoms with E-state index >= 15 is 0 Å². The van der Waals surface area contributed by atoms with Crippen LogP contribution in [0.4, 0.5) is 10.5 Å². The van der Waals surface area contributed by atoms with Crippen molar-refractivity contribution in [1.82, 2.24) is 10.2 Å². The SMILES string of the molecule is O=C1NCCN1CCNc1cc(Cl)cc(Cl)c1. The van der Waals surface area contributed by atoms with Gasteiger partial charge >= 0.3 is 6.03 Å². The molecule has 0 atom stereocenters. The standard InChI is InChI=1S/C11H13Cl2N3O/c12-8-5-9(13)7-10(6-8)14-1-3-16-4-2-15-11(16)17/h5-7,14H,1-4H2,(H,15,17). The monoisotopic (exact) mass is 273 g/mol. The molecule has 0 spiro atoms. The molecule has 6 heteroatoms. The molecule has 0 aliphatic carbocycles. The number of nitrogens with one attached hydrogen (secondary N) is 2. The molecule has 1 aromatic rings. The molecule has 0 radical (unpaired) electrons. The Hall–Kier alpha value is -1.13. The zero-order valence-corrected chi connectivity index (χ0v) is 10.7. The van der Waals surface area contributed by atoms with Gasteiger partial charge in [-0.3, -0.25) is 0 Å². The van der Waals surface area contributed by atoms with Crippen molar-refractivity contribution in [3.05, 3.63) is 28.2 Å². The molecule has 17 heavy (non-hydrogen) atoms. The van der Waals surface area contributed by atoms with Crippen LogP contribution >= 0.6 is 23.2 Å². The molecule has 1 aliphatic rings. The van der Waals surface area contributed by atoms with Gasteiger partial charge in [-0.05, 0) is 18.2 Å². The Morgan fingerprint density at radius 3 is 2.59 bits per heavy atom. The summed E-state index contributed by atoms with van der Waals surface area (Å²) in [7, 11) is 0. The zero-order chi connectivity index (χ0) is 12.3. The number of nitrogens with zero attached hydrogens (tertiary/aromatic N) is 1. The lowest BCUT2D eigenvalue weighted by Crippen LogP contribution is -2.32. The molecule has 1 aliphatic heterocycles. The number of hydrogen-bond acceptors (Lipinski definition) is 2. The number of carbonyl (C=O) groups excluding carboxylic acids is 1. The van der Waals surface area contributed by atoms with Crippen LogP contribution < -0.4 is 10.6 Å². The van der Waals surface area contributed by atoms with Crippen molar-refractivity contribution < 1.29 is 4.79 Å². The zero-order valence-electron chi connectivity index (χ0n) is 9.17. The highest BCUT2D eigenvalue weighted by atomic mass is 35.5. The van der Waals surface area contributed by atoms with Gasteiger partial charge in [0.05, 0.1) is 0 Å². The Bertz CT molecular complexity index is 405. The van der Waals surface area contributed by atoms with E-state index in [1.807, 2.05) is 0 Å². The number of hydrogen-bond donors (Lipinski definition) is 2. The molecule has 2 amide bonds. The van der Waals surface area contributed by atoms with Crippen molar-refractivity contribution in [2.45, 2.75) is 0 Å². The van der Waals surface area contributed by atoms with Crippen LogP contribution in [-0.2, 0) is 0 Å². The second-order valence-electron chi connectivity index (χ2n) is 3.80. The summed E-state index contributed by atoms with van der Waals surface area (Å²) >= 11 is 11.8. The molecule has 0 bridgehead atoms. The first kappa shape index (κ1) is 12.3. The van der Waals surface area contributed by atoms with E-state index in [-0.39, 0.29) is 6.03 Å². The lowest BCUT2D eigenvalue weighted by atomic mass is 10.3. The average molecular weight is 274 g/mol. The molecule has 0 aromatic heterocycles. The fraction of sp³-hybridized carbons (Fsp3) is 0.364. The second kappa shape index (κ2) is 5.47.